The van der Waals surface area contributed by atoms with Crippen molar-refractivity contribution in [3.63, 3.8) is 0 Å². The van der Waals surface area contributed by atoms with Crippen molar-refractivity contribution in [1.29, 1.82) is 0 Å². The van der Waals surface area contributed by atoms with Crippen molar-refractivity contribution in [2.75, 3.05) is 11.9 Å². The van der Waals surface area contributed by atoms with Gasteiger partial charge in [-0.25, -0.2) is 4.98 Å². The molecule has 1 aromatic heterocycles. The van der Waals surface area contributed by atoms with E-state index < -0.39 is 0 Å². The van der Waals surface area contributed by atoms with Gasteiger partial charge in [-0.15, -0.1) is 0 Å². The van der Waals surface area contributed by atoms with Crippen molar-refractivity contribution in [3.8, 4) is 5.88 Å². The van der Waals surface area contributed by atoms with Gasteiger partial charge in [0.1, 0.15) is 0 Å². The highest BCUT2D eigenvalue weighted by Crippen LogP contribution is 2.20. The molecule has 0 aromatic carbocycles. The van der Waals surface area contributed by atoms with Crippen LogP contribution in [-0.4, -0.2) is 28.7 Å². The molecule has 0 amide bonds. The maximum Gasteiger partial charge on any atom is 0.226 e. The second-order valence-electron chi connectivity index (χ2n) is 5.16. The number of nitrogens with one attached hydrogen (secondary N) is 1. The van der Waals surface area contributed by atoms with Gasteiger partial charge in [0.15, 0.2) is 0 Å². The van der Waals surface area contributed by atoms with Gasteiger partial charge in [0.05, 0.1) is 6.61 Å². The molecule has 106 valence electrons. The Morgan fingerprint density at radius 1 is 1.32 bits per heavy atom. The van der Waals surface area contributed by atoms with E-state index in [1.807, 2.05) is 19.9 Å². The topological polar surface area (TPSA) is 73.1 Å². The minimum Gasteiger partial charge on any atom is -0.478 e. The maximum absolute atomic E-state index is 6.21. The molecule has 0 radical (unpaired) electrons. The summed E-state index contributed by atoms with van der Waals surface area (Å²) in [7, 11) is 0. The highest BCUT2D eigenvalue weighted by atomic mass is 16.5. The minimum absolute atomic E-state index is 0.183. The Hall–Kier alpha value is -1.36. The summed E-state index contributed by atoms with van der Waals surface area (Å²) >= 11 is 0. The molecule has 0 aliphatic heterocycles. The van der Waals surface area contributed by atoms with Gasteiger partial charge in [-0.3, -0.25) is 0 Å². The number of nitrogens with zero attached hydrogens (tertiary/aromatic N) is 2. The molecule has 2 unspecified atom stereocenters. The average Bonchev–Trinajstić information content (AvgIpc) is 2.55. The number of ether oxygens (including phenoxy) is 1. The van der Waals surface area contributed by atoms with E-state index in [1.165, 1.54) is 19.3 Å². The van der Waals surface area contributed by atoms with Crippen molar-refractivity contribution in [2.45, 2.75) is 58.0 Å². The van der Waals surface area contributed by atoms with Crippen LogP contribution in [-0.2, 0) is 0 Å². The quantitative estimate of drug-likeness (QED) is 0.816. The summed E-state index contributed by atoms with van der Waals surface area (Å²) in [6, 6.07) is 2.29. The summed E-state index contributed by atoms with van der Waals surface area (Å²) in [5.74, 6) is 1.26. The van der Waals surface area contributed by atoms with Crippen LogP contribution in [0.4, 0.5) is 5.95 Å². The third-order valence-corrected chi connectivity index (χ3v) is 3.51. The van der Waals surface area contributed by atoms with E-state index in [0.717, 1.165) is 18.5 Å². The van der Waals surface area contributed by atoms with E-state index in [4.69, 9.17) is 10.5 Å². The van der Waals surface area contributed by atoms with Gasteiger partial charge in [0.25, 0.3) is 0 Å². The predicted octanol–water partition coefficient (Wildman–Crippen LogP) is 2.26. The molecule has 0 bridgehead atoms. The van der Waals surface area contributed by atoms with Crippen LogP contribution in [0, 0.1) is 6.92 Å². The van der Waals surface area contributed by atoms with Gasteiger partial charge in [0.2, 0.25) is 11.8 Å². The predicted molar refractivity (Wildman–Crippen MR) is 76.4 cm³/mol. The number of nitrogens with two attached hydrogens (primary N) is 1. The number of hydrogen-bond donors (Lipinski definition) is 2. The molecule has 1 fully saturated rings. The Labute approximate surface area is 115 Å². The highest BCUT2D eigenvalue weighted by molar-refractivity contribution is 5.32. The van der Waals surface area contributed by atoms with Gasteiger partial charge in [-0.1, -0.05) is 19.3 Å². The SMILES string of the molecule is CCOc1cc(C)nc(NC2CCCCCC2N)n1. The fourth-order valence-corrected chi connectivity index (χ4v) is 2.51. The van der Waals surface area contributed by atoms with Gasteiger partial charge >= 0.3 is 0 Å². The molecule has 19 heavy (non-hydrogen) atoms. The Balaban J connectivity index is 2.08. The molecule has 1 aliphatic carbocycles. The van der Waals surface area contributed by atoms with E-state index in [9.17, 15) is 0 Å². The first-order chi connectivity index (χ1) is 9.19. The molecule has 5 nitrogen and oxygen atoms in total. The molecular formula is C14H24N4O. The van der Waals surface area contributed by atoms with Crippen LogP contribution >= 0.6 is 0 Å². The lowest BCUT2D eigenvalue weighted by molar-refractivity contribution is 0.326. The molecule has 5 heteroatoms. The van der Waals surface area contributed by atoms with Crippen molar-refractivity contribution in [1.82, 2.24) is 9.97 Å². The summed E-state index contributed by atoms with van der Waals surface area (Å²) < 4.78 is 5.45. The molecule has 0 spiro atoms. The molecule has 2 rings (SSSR count). The number of anilines is 1. The van der Waals surface area contributed by atoms with E-state index >= 15 is 0 Å². The number of aromatic nitrogens is 2. The zero-order valence-electron chi connectivity index (χ0n) is 11.9. The largest absolute Gasteiger partial charge is 0.478 e. The van der Waals surface area contributed by atoms with Crippen LogP contribution in [0.5, 0.6) is 5.88 Å². The normalized spacial score (nSPS) is 23.7. The zero-order valence-corrected chi connectivity index (χ0v) is 11.9. The molecule has 1 aliphatic rings. The summed E-state index contributed by atoms with van der Waals surface area (Å²) in [6.07, 6.45) is 5.86. The zero-order chi connectivity index (χ0) is 13.7. The molecular weight excluding hydrogens is 240 g/mol. The van der Waals surface area contributed by atoms with Crippen LogP contribution in [0.3, 0.4) is 0 Å². The fraction of sp³-hybridized carbons (Fsp3) is 0.714. The van der Waals surface area contributed by atoms with Gasteiger partial charge < -0.3 is 15.8 Å². The molecule has 3 N–H and O–H groups in total. The van der Waals surface area contributed by atoms with Gasteiger partial charge in [-0.05, 0) is 26.7 Å². The van der Waals surface area contributed by atoms with Crippen LogP contribution in [0.1, 0.15) is 44.7 Å². The lowest BCUT2D eigenvalue weighted by atomic mass is 10.0. The average molecular weight is 264 g/mol. The fourth-order valence-electron chi connectivity index (χ4n) is 2.51. The Morgan fingerprint density at radius 3 is 2.89 bits per heavy atom. The molecule has 0 saturated heterocycles. The number of aryl methyl sites for hydroxylation is 1. The first-order valence-corrected chi connectivity index (χ1v) is 7.19. The minimum atomic E-state index is 0.183. The third kappa shape index (κ3) is 4.06. The molecule has 1 heterocycles. The smallest absolute Gasteiger partial charge is 0.226 e. The molecule has 2 atom stereocenters. The molecule has 1 saturated carbocycles. The maximum atomic E-state index is 6.21. The second kappa shape index (κ2) is 6.70. The summed E-state index contributed by atoms with van der Waals surface area (Å²) in [4.78, 5) is 8.80. The lowest BCUT2D eigenvalue weighted by Crippen LogP contribution is -2.39. The first-order valence-electron chi connectivity index (χ1n) is 7.19. The third-order valence-electron chi connectivity index (χ3n) is 3.51. The van der Waals surface area contributed by atoms with E-state index in [2.05, 4.69) is 15.3 Å². The first kappa shape index (κ1) is 14.1. The monoisotopic (exact) mass is 264 g/mol. The highest BCUT2D eigenvalue weighted by Gasteiger charge is 2.21. The van der Waals surface area contributed by atoms with Crippen molar-refractivity contribution >= 4 is 5.95 Å². The van der Waals surface area contributed by atoms with Crippen LogP contribution in [0.2, 0.25) is 0 Å². The Morgan fingerprint density at radius 2 is 2.11 bits per heavy atom. The summed E-state index contributed by atoms with van der Waals surface area (Å²) in [5, 5.41) is 3.38. The van der Waals surface area contributed by atoms with Crippen molar-refractivity contribution in [3.05, 3.63) is 11.8 Å². The van der Waals surface area contributed by atoms with Crippen LogP contribution in [0.15, 0.2) is 6.07 Å². The van der Waals surface area contributed by atoms with Crippen molar-refractivity contribution < 1.29 is 4.74 Å². The van der Waals surface area contributed by atoms with E-state index in [0.29, 0.717) is 18.4 Å². The van der Waals surface area contributed by atoms with Crippen molar-refractivity contribution in [2.24, 2.45) is 5.73 Å². The van der Waals surface area contributed by atoms with Crippen LogP contribution < -0.4 is 15.8 Å². The lowest BCUT2D eigenvalue weighted by Gasteiger charge is -2.22. The van der Waals surface area contributed by atoms with Gasteiger partial charge in [0, 0.05) is 23.8 Å². The number of hydrogen-bond acceptors (Lipinski definition) is 5. The Kier molecular flexibility index (Phi) is 4.96. The second-order valence-corrected chi connectivity index (χ2v) is 5.16. The summed E-state index contributed by atoms with van der Waals surface area (Å²) in [6.45, 7) is 4.51. The van der Waals surface area contributed by atoms with Gasteiger partial charge in [-0.2, -0.15) is 4.98 Å². The molecule has 1 aromatic rings. The van der Waals surface area contributed by atoms with E-state index in [1.54, 1.807) is 0 Å². The van der Waals surface area contributed by atoms with E-state index in [-0.39, 0.29) is 12.1 Å². The Bertz CT molecular complexity index is 410. The standard InChI is InChI=1S/C14H24N4O/c1-3-19-13-9-10(2)16-14(18-13)17-12-8-6-4-5-7-11(12)15/h9,11-12H,3-8,15H2,1-2H3,(H,16,17,18). The number of rotatable bonds is 4. The summed E-state index contributed by atoms with van der Waals surface area (Å²) in [5.41, 5.74) is 7.12. The van der Waals surface area contributed by atoms with Crippen LogP contribution in [0.25, 0.3) is 0 Å².